The number of benzene rings is 2. The highest BCUT2D eigenvalue weighted by Gasteiger charge is 2.37. The van der Waals surface area contributed by atoms with Gasteiger partial charge in [0.1, 0.15) is 0 Å². The second kappa shape index (κ2) is 9.17. The Bertz CT molecular complexity index is 572. The van der Waals surface area contributed by atoms with E-state index in [0.29, 0.717) is 13.1 Å². The van der Waals surface area contributed by atoms with Crippen molar-refractivity contribution in [3.8, 4) is 0 Å². The van der Waals surface area contributed by atoms with Gasteiger partial charge in [-0.05, 0) is 11.1 Å². The van der Waals surface area contributed by atoms with Crippen LogP contribution in [-0.4, -0.2) is 43.2 Å². The number of carboxylic acids is 1. The standard InChI is InChI=1S/C17H17NO2.C2H7NO/c19-17(20)15-11-18(12-15)16(13-7-3-1-4-8-13)14-9-5-2-6-10-14;1-3-4-2/h1-10,15-16H,11-12H2,(H,19,20);3H,1-2H3. The molecule has 2 N–H and O–H groups in total. The Morgan fingerprint density at radius 2 is 1.50 bits per heavy atom. The highest BCUT2D eigenvalue weighted by atomic mass is 16.6. The Labute approximate surface area is 142 Å². The minimum Gasteiger partial charge on any atom is -0.481 e. The van der Waals surface area contributed by atoms with E-state index in [1.54, 1.807) is 14.2 Å². The number of carbonyl (C=O) groups is 1. The van der Waals surface area contributed by atoms with E-state index in [0.717, 1.165) is 0 Å². The molecule has 128 valence electrons. The number of rotatable bonds is 5. The van der Waals surface area contributed by atoms with Crippen molar-refractivity contribution < 1.29 is 14.7 Å². The summed E-state index contributed by atoms with van der Waals surface area (Å²) < 4.78 is 0. The van der Waals surface area contributed by atoms with Gasteiger partial charge in [-0.1, -0.05) is 60.7 Å². The van der Waals surface area contributed by atoms with Gasteiger partial charge in [0.25, 0.3) is 0 Å². The lowest BCUT2D eigenvalue weighted by Crippen LogP contribution is -2.51. The summed E-state index contributed by atoms with van der Waals surface area (Å²) in [6, 6.07) is 20.7. The highest BCUT2D eigenvalue weighted by Crippen LogP contribution is 2.34. The van der Waals surface area contributed by atoms with Crippen molar-refractivity contribution in [2.24, 2.45) is 5.92 Å². The van der Waals surface area contributed by atoms with Crippen LogP contribution in [0.25, 0.3) is 0 Å². The van der Waals surface area contributed by atoms with Crippen LogP contribution in [0.5, 0.6) is 0 Å². The van der Waals surface area contributed by atoms with Crippen molar-refractivity contribution in [3.63, 3.8) is 0 Å². The molecule has 5 nitrogen and oxygen atoms in total. The van der Waals surface area contributed by atoms with E-state index in [4.69, 9.17) is 5.11 Å². The van der Waals surface area contributed by atoms with Gasteiger partial charge in [0.2, 0.25) is 0 Å². The first-order chi connectivity index (χ1) is 11.7. The van der Waals surface area contributed by atoms with Crippen LogP contribution in [-0.2, 0) is 9.63 Å². The van der Waals surface area contributed by atoms with Gasteiger partial charge in [-0.3, -0.25) is 9.69 Å². The normalized spacial score (nSPS) is 14.6. The van der Waals surface area contributed by atoms with E-state index in [9.17, 15) is 4.79 Å². The lowest BCUT2D eigenvalue weighted by atomic mass is 9.90. The van der Waals surface area contributed by atoms with E-state index < -0.39 is 5.97 Å². The van der Waals surface area contributed by atoms with Gasteiger partial charge >= 0.3 is 5.97 Å². The number of likely N-dealkylation sites (tertiary alicyclic amines) is 1. The SMILES string of the molecule is CNOC.O=C(O)C1CN(C(c2ccccc2)c2ccccc2)C1. The van der Waals surface area contributed by atoms with Crippen LogP contribution in [0.3, 0.4) is 0 Å². The van der Waals surface area contributed by atoms with Crippen molar-refractivity contribution in [2.75, 3.05) is 27.2 Å². The van der Waals surface area contributed by atoms with Crippen LogP contribution in [0.4, 0.5) is 0 Å². The Kier molecular flexibility index (Phi) is 6.93. The number of hydroxylamine groups is 1. The minimum absolute atomic E-state index is 0.146. The Hall–Kier alpha value is -2.21. The first-order valence-corrected chi connectivity index (χ1v) is 7.93. The number of nitrogens with zero attached hydrogens (tertiary/aromatic N) is 1. The van der Waals surface area contributed by atoms with Crippen molar-refractivity contribution >= 4 is 5.97 Å². The van der Waals surface area contributed by atoms with E-state index in [-0.39, 0.29) is 12.0 Å². The average Bonchev–Trinajstić information content (AvgIpc) is 2.59. The lowest BCUT2D eigenvalue weighted by molar-refractivity contribution is -0.148. The molecule has 1 saturated heterocycles. The van der Waals surface area contributed by atoms with Crippen LogP contribution in [0.2, 0.25) is 0 Å². The largest absolute Gasteiger partial charge is 0.481 e. The summed E-state index contributed by atoms with van der Waals surface area (Å²) >= 11 is 0. The molecular weight excluding hydrogens is 304 g/mol. The van der Waals surface area contributed by atoms with Crippen LogP contribution in [0, 0.1) is 5.92 Å². The molecule has 5 heteroatoms. The summed E-state index contributed by atoms with van der Waals surface area (Å²) in [6.07, 6.45) is 0. The van der Waals surface area contributed by atoms with Gasteiger partial charge < -0.3 is 9.94 Å². The molecule has 0 spiro atoms. The fraction of sp³-hybridized carbons (Fsp3) is 0.316. The fourth-order valence-electron chi connectivity index (χ4n) is 2.76. The van der Waals surface area contributed by atoms with Gasteiger partial charge in [-0.2, -0.15) is 0 Å². The van der Waals surface area contributed by atoms with Gasteiger partial charge in [0.15, 0.2) is 0 Å². The molecule has 0 atom stereocenters. The monoisotopic (exact) mass is 328 g/mol. The van der Waals surface area contributed by atoms with Gasteiger partial charge in [-0.25, -0.2) is 5.48 Å². The summed E-state index contributed by atoms with van der Waals surface area (Å²) in [5, 5.41) is 9.05. The minimum atomic E-state index is -0.693. The number of nitrogens with one attached hydrogen (secondary N) is 1. The molecule has 1 heterocycles. The van der Waals surface area contributed by atoms with E-state index in [2.05, 4.69) is 39.5 Å². The molecule has 3 rings (SSSR count). The molecule has 0 aliphatic carbocycles. The quantitative estimate of drug-likeness (QED) is 0.826. The lowest BCUT2D eigenvalue weighted by Gasteiger charge is -2.43. The third-order valence-electron chi connectivity index (χ3n) is 4.06. The molecule has 24 heavy (non-hydrogen) atoms. The third-order valence-corrected chi connectivity index (χ3v) is 4.06. The number of carboxylic acid groups (broad SMARTS) is 1. The van der Waals surface area contributed by atoms with Crippen molar-refractivity contribution in [3.05, 3.63) is 71.8 Å². The van der Waals surface area contributed by atoms with E-state index in [1.165, 1.54) is 11.1 Å². The fourth-order valence-corrected chi connectivity index (χ4v) is 2.76. The molecule has 0 radical (unpaired) electrons. The number of aliphatic carboxylic acids is 1. The van der Waals surface area contributed by atoms with E-state index >= 15 is 0 Å². The molecule has 1 aliphatic heterocycles. The topological polar surface area (TPSA) is 61.8 Å². The summed E-state index contributed by atoms with van der Waals surface area (Å²) in [5.74, 6) is -0.925. The van der Waals surface area contributed by atoms with Crippen molar-refractivity contribution in [2.45, 2.75) is 6.04 Å². The zero-order chi connectivity index (χ0) is 17.4. The van der Waals surface area contributed by atoms with Crippen LogP contribution >= 0.6 is 0 Å². The highest BCUT2D eigenvalue weighted by molar-refractivity contribution is 5.71. The molecule has 0 bridgehead atoms. The predicted octanol–water partition coefficient (Wildman–Crippen LogP) is 2.56. The molecule has 0 amide bonds. The van der Waals surface area contributed by atoms with Crippen LogP contribution in [0.1, 0.15) is 17.2 Å². The molecule has 0 aromatic heterocycles. The predicted molar refractivity (Wildman–Crippen MR) is 93.5 cm³/mol. The van der Waals surface area contributed by atoms with Gasteiger partial charge in [0, 0.05) is 20.1 Å². The molecule has 2 aromatic rings. The Morgan fingerprint density at radius 3 is 1.83 bits per heavy atom. The molecule has 1 aliphatic rings. The Balaban J connectivity index is 0.000000471. The summed E-state index contributed by atoms with van der Waals surface area (Å²) in [4.78, 5) is 17.5. The first kappa shape index (κ1) is 18.1. The molecule has 2 aromatic carbocycles. The summed E-state index contributed by atoms with van der Waals surface area (Å²) in [6.45, 7) is 1.23. The zero-order valence-corrected chi connectivity index (χ0v) is 14.1. The van der Waals surface area contributed by atoms with Gasteiger partial charge in [-0.15, -0.1) is 0 Å². The molecule has 1 fully saturated rings. The maximum atomic E-state index is 11.0. The third kappa shape index (κ3) is 4.64. The summed E-state index contributed by atoms with van der Waals surface area (Å²) in [5.41, 5.74) is 4.85. The summed E-state index contributed by atoms with van der Waals surface area (Å²) in [7, 11) is 3.28. The Morgan fingerprint density at radius 1 is 1.08 bits per heavy atom. The first-order valence-electron chi connectivity index (χ1n) is 7.93. The van der Waals surface area contributed by atoms with Crippen molar-refractivity contribution in [1.82, 2.24) is 10.4 Å². The second-order valence-corrected chi connectivity index (χ2v) is 5.62. The number of hydrogen-bond acceptors (Lipinski definition) is 4. The van der Waals surface area contributed by atoms with Gasteiger partial charge in [0.05, 0.1) is 19.1 Å². The second-order valence-electron chi connectivity index (χ2n) is 5.62. The van der Waals surface area contributed by atoms with Crippen LogP contribution < -0.4 is 5.48 Å². The molecule has 0 unspecified atom stereocenters. The maximum absolute atomic E-state index is 11.0. The number of hydrogen-bond donors (Lipinski definition) is 2. The average molecular weight is 328 g/mol. The van der Waals surface area contributed by atoms with Crippen molar-refractivity contribution in [1.29, 1.82) is 0 Å². The molecule has 0 saturated carbocycles. The maximum Gasteiger partial charge on any atom is 0.309 e. The molecular formula is C19H24N2O3. The van der Waals surface area contributed by atoms with Crippen LogP contribution in [0.15, 0.2) is 60.7 Å². The zero-order valence-electron chi connectivity index (χ0n) is 14.1. The smallest absolute Gasteiger partial charge is 0.309 e. The van der Waals surface area contributed by atoms with E-state index in [1.807, 2.05) is 36.4 Å².